The van der Waals surface area contributed by atoms with Gasteiger partial charge in [0.2, 0.25) is 0 Å². The van der Waals surface area contributed by atoms with Crippen molar-refractivity contribution in [3.05, 3.63) is 30.3 Å². The Morgan fingerprint density at radius 1 is 1.00 bits per heavy atom. The van der Waals surface area contributed by atoms with Gasteiger partial charge in [0.15, 0.2) is 0 Å². The maximum absolute atomic E-state index is 4.64. The molecule has 0 aliphatic heterocycles. The fourth-order valence-corrected chi connectivity index (χ4v) is 1.23. The van der Waals surface area contributed by atoms with E-state index in [9.17, 15) is 0 Å². The molecule has 0 saturated heterocycles. The molecule has 0 atom stereocenters. The van der Waals surface area contributed by atoms with Crippen LogP contribution in [0, 0.1) is 0 Å². The first kappa shape index (κ1) is 12.3. The minimum absolute atomic E-state index is 1.08. The fraction of sp³-hybridized carbons (Fsp3) is 0.455. The second kappa shape index (κ2) is 7.93. The maximum Gasteiger partial charge on any atom is 0.0365 e. The lowest BCUT2D eigenvalue weighted by Crippen LogP contribution is -2.21. The van der Waals surface area contributed by atoms with Gasteiger partial charge in [0.05, 0.1) is 0 Å². The molecule has 1 rings (SSSR count). The Bertz CT molecular complexity index is 195. The van der Waals surface area contributed by atoms with Gasteiger partial charge in [-0.05, 0) is 26.0 Å². The molecule has 0 amide bonds. The van der Waals surface area contributed by atoms with Gasteiger partial charge in [-0.3, -0.25) is 0 Å². The lowest BCUT2D eigenvalue weighted by atomic mass is 10.3. The molecule has 1 aromatic rings. The van der Waals surface area contributed by atoms with Crippen molar-refractivity contribution in [1.29, 1.82) is 0 Å². The van der Waals surface area contributed by atoms with Crippen molar-refractivity contribution in [1.82, 2.24) is 0 Å². The SMILES string of the molecule is CCN(CC)c1ccccc1.CCl. The summed E-state index contributed by atoms with van der Waals surface area (Å²) in [5.74, 6) is 0. The average Bonchev–Trinajstić information content (AvgIpc) is 2.24. The van der Waals surface area contributed by atoms with Crippen molar-refractivity contribution in [3.63, 3.8) is 0 Å². The Balaban J connectivity index is 0.000000671. The van der Waals surface area contributed by atoms with Crippen LogP contribution in [0.15, 0.2) is 30.3 Å². The summed E-state index contributed by atoms with van der Waals surface area (Å²) in [7, 11) is 0. The fourth-order valence-electron chi connectivity index (χ4n) is 1.23. The summed E-state index contributed by atoms with van der Waals surface area (Å²) in [5, 5.41) is 0. The highest BCUT2D eigenvalue weighted by molar-refractivity contribution is 6.15. The van der Waals surface area contributed by atoms with Gasteiger partial charge in [0.1, 0.15) is 0 Å². The minimum atomic E-state index is 1.08. The Hall–Kier alpha value is -0.690. The summed E-state index contributed by atoms with van der Waals surface area (Å²) in [6.07, 6.45) is 1.47. The number of hydrogen-bond acceptors (Lipinski definition) is 1. The third-order valence-electron chi connectivity index (χ3n) is 1.88. The summed E-state index contributed by atoms with van der Waals surface area (Å²) >= 11 is 4.64. The number of halogens is 1. The van der Waals surface area contributed by atoms with Gasteiger partial charge in [0, 0.05) is 25.2 Å². The van der Waals surface area contributed by atoms with Gasteiger partial charge in [-0.25, -0.2) is 0 Å². The number of hydrogen-bond donors (Lipinski definition) is 0. The highest BCUT2D eigenvalue weighted by Gasteiger charge is 1.97. The molecule has 0 N–H and O–H groups in total. The van der Waals surface area contributed by atoms with Crippen molar-refractivity contribution in [2.45, 2.75) is 13.8 Å². The Kier molecular flexibility index (Phi) is 7.51. The molecule has 0 aliphatic carbocycles. The summed E-state index contributed by atoms with van der Waals surface area (Å²) < 4.78 is 0. The molecule has 0 aromatic heterocycles. The van der Waals surface area contributed by atoms with E-state index >= 15 is 0 Å². The van der Waals surface area contributed by atoms with Gasteiger partial charge in [-0.2, -0.15) is 0 Å². The van der Waals surface area contributed by atoms with Crippen molar-refractivity contribution in [2.24, 2.45) is 0 Å². The standard InChI is InChI=1S/C10H15N.CH3Cl/c1-3-11(4-2)10-8-6-5-7-9-10;1-2/h5-9H,3-4H2,1-2H3;1H3. The van der Waals surface area contributed by atoms with Crippen LogP contribution in [0.4, 0.5) is 5.69 Å². The zero-order valence-corrected chi connectivity index (χ0v) is 9.38. The zero-order valence-electron chi connectivity index (χ0n) is 8.63. The van der Waals surface area contributed by atoms with Crippen LogP contribution in [0.25, 0.3) is 0 Å². The van der Waals surface area contributed by atoms with Gasteiger partial charge in [0.25, 0.3) is 0 Å². The quantitative estimate of drug-likeness (QED) is 0.675. The second-order valence-corrected chi connectivity index (χ2v) is 2.51. The summed E-state index contributed by atoms with van der Waals surface area (Å²) in [4.78, 5) is 2.33. The largest absolute Gasteiger partial charge is 0.372 e. The van der Waals surface area contributed by atoms with E-state index in [2.05, 4.69) is 54.6 Å². The smallest absolute Gasteiger partial charge is 0.0365 e. The lowest BCUT2D eigenvalue weighted by molar-refractivity contribution is 0.866. The molecule has 2 heteroatoms. The van der Waals surface area contributed by atoms with E-state index in [1.54, 1.807) is 0 Å². The van der Waals surface area contributed by atoms with Crippen molar-refractivity contribution < 1.29 is 0 Å². The molecule has 0 bridgehead atoms. The molecule has 0 aliphatic rings. The van der Waals surface area contributed by atoms with E-state index in [-0.39, 0.29) is 0 Å². The van der Waals surface area contributed by atoms with E-state index in [0.29, 0.717) is 0 Å². The molecule has 1 aromatic carbocycles. The molecule has 74 valence electrons. The maximum atomic E-state index is 4.64. The Morgan fingerprint density at radius 2 is 1.46 bits per heavy atom. The van der Waals surface area contributed by atoms with Crippen LogP contribution in [0.5, 0.6) is 0 Å². The average molecular weight is 200 g/mol. The molecule has 1 nitrogen and oxygen atoms in total. The third-order valence-corrected chi connectivity index (χ3v) is 1.88. The van der Waals surface area contributed by atoms with E-state index in [1.165, 1.54) is 12.1 Å². The van der Waals surface area contributed by atoms with Gasteiger partial charge < -0.3 is 4.90 Å². The van der Waals surface area contributed by atoms with E-state index < -0.39 is 0 Å². The molecule has 0 unspecified atom stereocenters. The third kappa shape index (κ3) is 4.18. The molecular weight excluding hydrogens is 182 g/mol. The molecule has 0 spiro atoms. The molecule has 13 heavy (non-hydrogen) atoms. The predicted molar refractivity (Wildman–Crippen MR) is 61.8 cm³/mol. The predicted octanol–water partition coefficient (Wildman–Crippen LogP) is 3.39. The number of benzene rings is 1. The van der Waals surface area contributed by atoms with Crippen LogP contribution < -0.4 is 4.90 Å². The van der Waals surface area contributed by atoms with Gasteiger partial charge >= 0.3 is 0 Å². The summed E-state index contributed by atoms with van der Waals surface area (Å²) in [6, 6.07) is 10.5. The summed E-state index contributed by atoms with van der Waals surface area (Å²) in [5.41, 5.74) is 1.32. The highest BCUT2D eigenvalue weighted by Crippen LogP contribution is 2.11. The molecule has 0 heterocycles. The minimum Gasteiger partial charge on any atom is -0.372 e. The number of alkyl halides is 1. The Morgan fingerprint density at radius 3 is 1.85 bits per heavy atom. The first-order chi connectivity index (χ1) is 6.38. The normalized spacial score (nSPS) is 8.62. The first-order valence-corrected chi connectivity index (χ1v) is 5.31. The van der Waals surface area contributed by atoms with Crippen LogP contribution in [0.3, 0.4) is 0 Å². The topological polar surface area (TPSA) is 3.24 Å². The van der Waals surface area contributed by atoms with Crippen LogP contribution in [0.2, 0.25) is 0 Å². The zero-order chi connectivity index (χ0) is 10.1. The van der Waals surface area contributed by atoms with Crippen molar-refractivity contribution in [2.75, 3.05) is 24.4 Å². The molecule has 0 fully saturated rings. The monoisotopic (exact) mass is 199 g/mol. The summed E-state index contributed by atoms with van der Waals surface area (Å²) in [6.45, 7) is 6.52. The highest BCUT2D eigenvalue weighted by atomic mass is 35.5. The lowest BCUT2D eigenvalue weighted by Gasteiger charge is -2.20. The van der Waals surface area contributed by atoms with Gasteiger partial charge in [-0.15, -0.1) is 11.6 Å². The number of nitrogens with zero attached hydrogens (tertiary/aromatic N) is 1. The number of para-hydroxylation sites is 1. The van der Waals surface area contributed by atoms with E-state index in [4.69, 9.17) is 0 Å². The van der Waals surface area contributed by atoms with Crippen LogP contribution >= 0.6 is 11.6 Å². The first-order valence-electron chi connectivity index (χ1n) is 4.56. The van der Waals surface area contributed by atoms with E-state index in [0.717, 1.165) is 13.1 Å². The number of anilines is 1. The van der Waals surface area contributed by atoms with Crippen molar-refractivity contribution in [3.8, 4) is 0 Å². The molecule has 0 saturated carbocycles. The van der Waals surface area contributed by atoms with Crippen LogP contribution in [-0.2, 0) is 0 Å². The second-order valence-electron chi connectivity index (χ2n) is 2.51. The Labute approximate surface area is 86.3 Å². The van der Waals surface area contributed by atoms with Crippen LogP contribution in [0.1, 0.15) is 13.8 Å². The van der Waals surface area contributed by atoms with E-state index in [1.807, 2.05) is 6.07 Å². The van der Waals surface area contributed by atoms with Crippen molar-refractivity contribution >= 4 is 17.3 Å². The molecular formula is C11H18ClN. The number of rotatable bonds is 3. The van der Waals surface area contributed by atoms with Gasteiger partial charge in [-0.1, -0.05) is 18.2 Å². The molecule has 0 radical (unpaired) electrons. The van der Waals surface area contributed by atoms with Crippen LogP contribution in [-0.4, -0.2) is 19.5 Å².